The quantitative estimate of drug-likeness (QED) is 0.398. The fraction of sp³-hybridized carbons (Fsp3) is 0.667. The van der Waals surface area contributed by atoms with E-state index in [1.165, 1.54) is 0 Å². The predicted octanol–water partition coefficient (Wildman–Crippen LogP) is 1.28. The van der Waals surface area contributed by atoms with E-state index in [0.29, 0.717) is 0 Å². The van der Waals surface area contributed by atoms with Crippen LogP contribution < -0.4 is 10.7 Å². The van der Waals surface area contributed by atoms with Gasteiger partial charge in [0.15, 0.2) is 5.11 Å². The summed E-state index contributed by atoms with van der Waals surface area (Å²) >= 11 is 5.19. The molecular weight excluding hydrogens is 182 g/mol. The molecule has 4 heteroatoms. The SMILES string of the molecule is C=CC(C)NC(=S)N(CC)NCC. The second kappa shape index (κ2) is 6.86. The Morgan fingerprint density at radius 2 is 2.23 bits per heavy atom. The van der Waals surface area contributed by atoms with E-state index in [2.05, 4.69) is 24.2 Å². The highest BCUT2D eigenvalue weighted by molar-refractivity contribution is 7.80. The van der Waals surface area contributed by atoms with E-state index in [1.54, 1.807) is 0 Å². The molecule has 1 unspecified atom stereocenters. The zero-order chi connectivity index (χ0) is 10.3. The molecule has 0 saturated heterocycles. The third kappa shape index (κ3) is 4.85. The van der Waals surface area contributed by atoms with E-state index < -0.39 is 0 Å². The van der Waals surface area contributed by atoms with Crippen molar-refractivity contribution in [1.29, 1.82) is 0 Å². The van der Waals surface area contributed by atoms with Crippen LogP contribution in [-0.2, 0) is 0 Å². The number of hydrazine groups is 1. The molecule has 0 aromatic carbocycles. The second-order valence-corrected chi connectivity index (χ2v) is 3.12. The Labute approximate surface area is 86.2 Å². The molecule has 13 heavy (non-hydrogen) atoms. The van der Waals surface area contributed by atoms with Crippen molar-refractivity contribution < 1.29 is 0 Å². The molecule has 0 saturated carbocycles. The Hall–Kier alpha value is -0.610. The van der Waals surface area contributed by atoms with E-state index in [0.717, 1.165) is 18.2 Å². The Bertz CT molecular complexity index is 170. The van der Waals surface area contributed by atoms with Gasteiger partial charge in [-0.3, -0.25) is 5.01 Å². The zero-order valence-corrected chi connectivity index (χ0v) is 9.45. The van der Waals surface area contributed by atoms with Crippen LogP contribution in [0.25, 0.3) is 0 Å². The van der Waals surface area contributed by atoms with Crippen LogP contribution in [0.5, 0.6) is 0 Å². The van der Waals surface area contributed by atoms with Gasteiger partial charge in [-0.15, -0.1) is 6.58 Å². The van der Waals surface area contributed by atoms with E-state index >= 15 is 0 Å². The molecule has 0 fully saturated rings. The van der Waals surface area contributed by atoms with E-state index in [1.807, 2.05) is 24.9 Å². The first-order chi connectivity index (χ1) is 6.15. The third-order valence-corrected chi connectivity index (χ3v) is 1.95. The summed E-state index contributed by atoms with van der Waals surface area (Å²) in [6.45, 7) is 11.5. The summed E-state index contributed by atoms with van der Waals surface area (Å²) < 4.78 is 0. The van der Waals surface area contributed by atoms with E-state index in [4.69, 9.17) is 12.2 Å². The molecule has 0 aromatic rings. The van der Waals surface area contributed by atoms with Crippen LogP contribution in [0.15, 0.2) is 12.7 Å². The first-order valence-electron chi connectivity index (χ1n) is 4.59. The van der Waals surface area contributed by atoms with Crippen molar-refractivity contribution in [2.45, 2.75) is 26.8 Å². The number of thiocarbonyl (C=S) groups is 1. The number of hydrogen-bond donors (Lipinski definition) is 2. The molecule has 0 radical (unpaired) electrons. The summed E-state index contributed by atoms with van der Waals surface area (Å²) in [5.74, 6) is 0. The van der Waals surface area contributed by atoms with Crippen molar-refractivity contribution in [2.24, 2.45) is 0 Å². The van der Waals surface area contributed by atoms with E-state index in [-0.39, 0.29) is 6.04 Å². The lowest BCUT2D eigenvalue weighted by atomic mass is 10.3. The number of nitrogens with one attached hydrogen (secondary N) is 2. The summed E-state index contributed by atoms with van der Waals surface area (Å²) in [5.41, 5.74) is 3.16. The van der Waals surface area contributed by atoms with Crippen LogP contribution in [0, 0.1) is 0 Å². The average molecular weight is 201 g/mol. The van der Waals surface area contributed by atoms with Gasteiger partial charge in [-0.25, -0.2) is 5.43 Å². The summed E-state index contributed by atoms with van der Waals surface area (Å²) in [6, 6.07) is 0.209. The predicted molar refractivity (Wildman–Crippen MR) is 61.4 cm³/mol. The van der Waals surface area contributed by atoms with Gasteiger partial charge in [0.05, 0.1) is 0 Å². The Kier molecular flexibility index (Phi) is 6.54. The van der Waals surface area contributed by atoms with Crippen LogP contribution in [0.2, 0.25) is 0 Å². The molecule has 3 nitrogen and oxygen atoms in total. The van der Waals surface area contributed by atoms with Crippen LogP contribution in [-0.4, -0.2) is 29.3 Å². The van der Waals surface area contributed by atoms with Gasteiger partial charge in [-0.1, -0.05) is 13.0 Å². The summed E-state index contributed by atoms with van der Waals surface area (Å²) in [7, 11) is 0. The number of rotatable bonds is 5. The second-order valence-electron chi connectivity index (χ2n) is 2.73. The van der Waals surface area contributed by atoms with Crippen molar-refractivity contribution in [1.82, 2.24) is 15.8 Å². The van der Waals surface area contributed by atoms with Gasteiger partial charge in [0.1, 0.15) is 0 Å². The summed E-state index contributed by atoms with van der Waals surface area (Å²) in [5, 5.41) is 5.77. The van der Waals surface area contributed by atoms with Crippen LogP contribution in [0.4, 0.5) is 0 Å². The zero-order valence-electron chi connectivity index (χ0n) is 8.63. The lowest BCUT2D eigenvalue weighted by molar-refractivity contribution is 0.324. The maximum absolute atomic E-state index is 5.19. The molecule has 0 aliphatic heterocycles. The molecule has 1 atom stereocenters. The summed E-state index contributed by atoms with van der Waals surface area (Å²) in [6.07, 6.45) is 1.83. The minimum atomic E-state index is 0.209. The third-order valence-electron chi connectivity index (χ3n) is 1.62. The highest BCUT2D eigenvalue weighted by Crippen LogP contribution is 1.88. The molecule has 0 bridgehead atoms. The molecule has 0 amide bonds. The minimum absolute atomic E-state index is 0.209. The molecular formula is C9H19N3S. The fourth-order valence-corrected chi connectivity index (χ4v) is 1.23. The summed E-state index contributed by atoms with van der Waals surface area (Å²) in [4.78, 5) is 0. The molecule has 0 spiro atoms. The lowest BCUT2D eigenvalue weighted by Crippen LogP contribution is -2.49. The molecule has 0 aromatic heterocycles. The maximum atomic E-state index is 5.19. The van der Waals surface area contributed by atoms with E-state index in [9.17, 15) is 0 Å². The smallest absolute Gasteiger partial charge is 0.183 e. The monoisotopic (exact) mass is 201 g/mol. The minimum Gasteiger partial charge on any atom is -0.356 e. The Morgan fingerprint density at radius 3 is 2.62 bits per heavy atom. The topological polar surface area (TPSA) is 27.3 Å². The number of nitrogens with zero attached hydrogens (tertiary/aromatic N) is 1. The molecule has 0 aliphatic rings. The van der Waals surface area contributed by atoms with Crippen molar-refractivity contribution in [3.05, 3.63) is 12.7 Å². The van der Waals surface area contributed by atoms with Crippen molar-refractivity contribution in [3.63, 3.8) is 0 Å². The van der Waals surface area contributed by atoms with Crippen molar-refractivity contribution in [2.75, 3.05) is 13.1 Å². The fourth-order valence-electron chi connectivity index (χ4n) is 0.850. The van der Waals surface area contributed by atoms with Gasteiger partial charge < -0.3 is 5.32 Å². The molecule has 76 valence electrons. The van der Waals surface area contributed by atoms with Gasteiger partial charge in [-0.2, -0.15) is 0 Å². The Balaban J connectivity index is 3.97. The van der Waals surface area contributed by atoms with Crippen LogP contribution in [0.3, 0.4) is 0 Å². The van der Waals surface area contributed by atoms with Gasteiger partial charge in [0.25, 0.3) is 0 Å². The maximum Gasteiger partial charge on any atom is 0.183 e. The Morgan fingerprint density at radius 1 is 1.62 bits per heavy atom. The van der Waals surface area contributed by atoms with Crippen molar-refractivity contribution >= 4 is 17.3 Å². The first kappa shape index (κ1) is 12.4. The molecule has 2 N–H and O–H groups in total. The van der Waals surface area contributed by atoms with Gasteiger partial charge in [0.2, 0.25) is 0 Å². The highest BCUT2D eigenvalue weighted by atomic mass is 32.1. The van der Waals surface area contributed by atoms with Crippen molar-refractivity contribution in [3.8, 4) is 0 Å². The van der Waals surface area contributed by atoms with Crippen LogP contribution in [0.1, 0.15) is 20.8 Å². The highest BCUT2D eigenvalue weighted by Gasteiger charge is 2.06. The van der Waals surface area contributed by atoms with Crippen LogP contribution >= 0.6 is 12.2 Å². The normalized spacial score (nSPS) is 11.9. The standard InChI is InChI=1S/C9H19N3S/c1-5-8(4)11-9(13)12(7-3)10-6-2/h5,8,10H,1,6-7H2,2-4H3,(H,11,13). The van der Waals surface area contributed by atoms with Gasteiger partial charge in [-0.05, 0) is 26.1 Å². The largest absolute Gasteiger partial charge is 0.356 e. The molecule has 0 rings (SSSR count). The molecule has 0 heterocycles. The molecule has 0 aliphatic carbocycles. The van der Waals surface area contributed by atoms with Gasteiger partial charge in [0, 0.05) is 19.1 Å². The average Bonchev–Trinajstić information content (AvgIpc) is 2.13. The van der Waals surface area contributed by atoms with Gasteiger partial charge >= 0.3 is 0 Å². The lowest BCUT2D eigenvalue weighted by Gasteiger charge is -2.25. The first-order valence-corrected chi connectivity index (χ1v) is 5.00. The number of hydrogen-bond acceptors (Lipinski definition) is 2.